The highest BCUT2D eigenvalue weighted by atomic mass is 16.5. The van der Waals surface area contributed by atoms with Gasteiger partial charge in [0.05, 0.1) is 19.3 Å². The second-order valence-electron chi connectivity index (χ2n) is 5.15. The molecular formula is C18H19NO5. The molecule has 0 radical (unpaired) electrons. The van der Waals surface area contributed by atoms with Crippen molar-refractivity contribution in [1.82, 2.24) is 5.32 Å². The van der Waals surface area contributed by atoms with E-state index >= 15 is 0 Å². The number of esters is 1. The van der Waals surface area contributed by atoms with E-state index in [2.05, 4.69) is 10.1 Å². The largest absolute Gasteiger partial charge is 0.467 e. The minimum Gasteiger partial charge on any atom is -0.467 e. The number of rotatable bonds is 6. The van der Waals surface area contributed by atoms with Crippen LogP contribution in [0.1, 0.15) is 15.9 Å². The number of para-hydroxylation sites is 1. The maximum Gasteiger partial charge on any atom is 0.330 e. The lowest BCUT2D eigenvalue weighted by Gasteiger charge is -2.16. The third-order valence-corrected chi connectivity index (χ3v) is 3.32. The fourth-order valence-corrected chi connectivity index (χ4v) is 2.11. The molecule has 0 saturated carbocycles. The molecule has 2 N–H and O–H groups in total. The highest BCUT2D eigenvalue weighted by Crippen LogP contribution is 2.25. The second kappa shape index (κ2) is 8.12. The number of hydrogen-bond acceptors (Lipinski definition) is 5. The van der Waals surface area contributed by atoms with Gasteiger partial charge in [-0.15, -0.1) is 0 Å². The molecule has 126 valence electrons. The van der Waals surface area contributed by atoms with Crippen molar-refractivity contribution in [2.75, 3.05) is 13.7 Å². The Labute approximate surface area is 140 Å². The average molecular weight is 329 g/mol. The fraction of sp³-hybridized carbons (Fsp3) is 0.222. The van der Waals surface area contributed by atoms with E-state index in [1.54, 1.807) is 30.3 Å². The highest BCUT2D eigenvalue weighted by Gasteiger charge is 2.22. The Morgan fingerprint density at radius 2 is 1.92 bits per heavy atom. The Bertz CT molecular complexity index is 729. The zero-order valence-electron chi connectivity index (χ0n) is 13.5. The van der Waals surface area contributed by atoms with E-state index in [1.807, 2.05) is 25.1 Å². The van der Waals surface area contributed by atoms with Gasteiger partial charge < -0.3 is 19.9 Å². The van der Waals surface area contributed by atoms with Crippen LogP contribution in [0.2, 0.25) is 0 Å². The monoisotopic (exact) mass is 329 g/mol. The predicted octanol–water partition coefficient (Wildman–Crippen LogP) is 2.05. The maximum absolute atomic E-state index is 12.4. The Morgan fingerprint density at radius 3 is 2.58 bits per heavy atom. The second-order valence-corrected chi connectivity index (χ2v) is 5.15. The number of methoxy groups -OCH3 is 1. The lowest BCUT2D eigenvalue weighted by Crippen LogP contribution is -2.44. The van der Waals surface area contributed by atoms with Crippen LogP contribution in [0, 0.1) is 6.92 Å². The molecule has 2 rings (SSSR count). The third-order valence-electron chi connectivity index (χ3n) is 3.32. The van der Waals surface area contributed by atoms with Gasteiger partial charge in [-0.2, -0.15) is 0 Å². The maximum atomic E-state index is 12.4. The molecule has 1 atom stereocenters. The number of nitrogens with one attached hydrogen (secondary N) is 1. The van der Waals surface area contributed by atoms with Gasteiger partial charge in [-0.3, -0.25) is 4.79 Å². The summed E-state index contributed by atoms with van der Waals surface area (Å²) in [4.78, 5) is 23.9. The molecule has 0 heterocycles. The van der Waals surface area contributed by atoms with Gasteiger partial charge in [0.2, 0.25) is 0 Å². The standard InChI is InChI=1S/C18H19NO5/c1-12-6-5-7-13(10-12)24-16-9-4-3-8-14(16)17(21)19-15(11-20)18(22)23-2/h3-10,15,20H,11H2,1-2H3,(H,19,21)/t15-/m0/s1. The molecule has 0 aromatic heterocycles. The van der Waals surface area contributed by atoms with E-state index in [0.29, 0.717) is 11.5 Å². The van der Waals surface area contributed by atoms with E-state index in [1.165, 1.54) is 7.11 Å². The van der Waals surface area contributed by atoms with Gasteiger partial charge in [0.25, 0.3) is 5.91 Å². The predicted molar refractivity (Wildman–Crippen MR) is 88.1 cm³/mol. The summed E-state index contributed by atoms with van der Waals surface area (Å²) >= 11 is 0. The first-order chi connectivity index (χ1) is 11.5. The first-order valence-electron chi connectivity index (χ1n) is 7.38. The Balaban J connectivity index is 2.21. The Hall–Kier alpha value is -2.86. The molecule has 2 aromatic carbocycles. The molecule has 6 nitrogen and oxygen atoms in total. The lowest BCUT2D eigenvalue weighted by molar-refractivity contribution is -0.143. The van der Waals surface area contributed by atoms with Crippen molar-refractivity contribution in [3.8, 4) is 11.5 Å². The topological polar surface area (TPSA) is 84.9 Å². The number of hydrogen-bond donors (Lipinski definition) is 2. The minimum absolute atomic E-state index is 0.251. The van der Waals surface area contributed by atoms with Crippen molar-refractivity contribution in [3.63, 3.8) is 0 Å². The van der Waals surface area contributed by atoms with Crippen LogP contribution in [0.4, 0.5) is 0 Å². The zero-order valence-corrected chi connectivity index (χ0v) is 13.5. The molecule has 0 aliphatic carbocycles. The quantitative estimate of drug-likeness (QED) is 0.792. The molecular weight excluding hydrogens is 310 g/mol. The summed E-state index contributed by atoms with van der Waals surface area (Å²) in [6, 6.07) is 13.0. The first-order valence-corrected chi connectivity index (χ1v) is 7.38. The lowest BCUT2D eigenvalue weighted by atomic mass is 10.1. The van der Waals surface area contributed by atoms with Gasteiger partial charge in [-0.1, -0.05) is 24.3 Å². The Kier molecular flexibility index (Phi) is 5.92. The third kappa shape index (κ3) is 4.33. The van der Waals surface area contributed by atoms with Gasteiger partial charge in [-0.25, -0.2) is 4.79 Å². The van der Waals surface area contributed by atoms with Crippen LogP contribution < -0.4 is 10.1 Å². The molecule has 0 saturated heterocycles. The summed E-state index contributed by atoms with van der Waals surface area (Å²) in [5, 5.41) is 11.6. The molecule has 6 heteroatoms. The first kappa shape index (κ1) is 17.5. The van der Waals surface area contributed by atoms with E-state index in [-0.39, 0.29) is 5.56 Å². The molecule has 0 aliphatic rings. The van der Waals surface area contributed by atoms with Crippen LogP contribution in [0.5, 0.6) is 11.5 Å². The summed E-state index contributed by atoms with van der Waals surface area (Å²) in [6.45, 7) is 1.38. The van der Waals surface area contributed by atoms with Crippen LogP contribution in [0.15, 0.2) is 48.5 Å². The van der Waals surface area contributed by atoms with Crippen molar-refractivity contribution in [1.29, 1.82) is 0 Å². The number of amides is 1. The molecule has 0 spiro atoms. The number of carbonyl (C=O) groups excluding carboxylic acids is 2. The fourth-order valence-electron chi connectivity index (χ4n) is 2.11. The zero-order chi connectivity index (χ0) is 17.5. The average Bonchev–Trinajstić information content (AvgIpc) is 2.59. The van der Waals surface area contributed by atoms with Crippen LogP contribution in [0.3, 0.4) is 0 Å². The van der Waals surface area contributed by atoms with Crippen molar-refractivity contribution < 1.29 is 24.2 Å². The van der Waals surface area contributed by atoms with Crippen LogP contribution in [-0.4, -0.2) is 36.7 Å². The van der Waals surface area contributed by atoms with E-state index in [4.69, 9.17) is 4.74 Å². The number of aryl methyl sites for hydroxylation is 1. The van der Waals surface area contributed by atoms with Gasteiger partial charge in [0.1, 0.15) is 11.5 Å². The number of carbonyl (C=O) groups is 2. The van der Waals surface area contributed by atoms with Gasteiger partial charge >= 0.3 is 5.97 Å². The normalized spacial score (nSPS) is 11.5. The molecule has 0 aliphatic heterocycles. The van der Waals surface area contributed by atoms with Gasteiger partial charge in [0.15, 0.2) is 6.04 Å². The van der Waals surface area contributed by atoms with Crippen LogP contribution >= 0.6 is 0 Å². The highest BCUT2D eigenvalue weighted by molar-refractivity contribution is 5.99. The van der Waals surface area contributed by atoms with Crippen LogP contribution in [0.25, 0.3) is 0 Å². The molecule has 1 amide bonds. The van der Waals surface area contributed by atoms with Crippen molar-refractivity contribution in [3.05, 3.63) is 59.7 Å². The van der Waals surface area contributed by atoms with Gasteiger partial charge in [0, 0.05) is 0 Å². The molecule has 0 fully saturated rings. The Morgan fingerprint density at radius 1 is 1.17 bits per heavy atom. The summed E-state index contributed by atoms with van der Waals surface area (Å²) in [7, 11) is 1.19. The minimum atomic E-state index is -1.13. The van der Waals surface area contributed by atoms with Gasteiger partial charge in [-0.05, 0) is 36.8 Å². The number of benzene rings is 2. The number of ether oxygens (including phenoxy) is 2. The molecule has 0 unspecified atom stereocenters. The summed E-state index contributed by atoms with van der Waals surface area (Å²) in [5.41, 5.74) is 1.28. The number of aliphatic hydroxyl groups is 1. The van der Waals surface area contributed by atoms with E-state index in [0.717, 1.165) is 5.56 Å². The van der Waals surface area contributed by atoms with Crippen molar-refractivity contribution >= 4 is 11.9 Å². The van der Waals surface area contributed by atoms with Crippen molar-refractivity contribution in [2.24, 2.45) is 0 Å². The van der Waals surface area contributed by atoms with E-state index in [9.17, 15) is 14.7 Å². The van der Waals surface area contributed by atoms with Crippen LogP contribution in [-0.2, 0) is 9.53 Å². The molecule has 2 aromatic rings. The van der Waals surface area contributed by atoms with E-state index < -0.39 is 24.5 Å². The molecule has 0 bridgehead atoms. The molecule has 24 heavy (non-hydrogen) atoms. The van der Waals surface area contributed by atoms with Crippen molar-refractivity contribution in [2.45, 2.75) is 13.0 Å². The number of aliphatic hydroxyl groups excluding tert-OH is 1. The summed E-state index contributed by atoms with van der Waals surface area (Å²) < 4.78 is 10.3. The smallest absolute Gasteiger partial charge is 0.330 e. The summed E-state index contributed by atoms with van der Waals surface area (Å²) in [5.74, 6) is -0.310. The summed E-state index contributed by atoms with van der Waals surface area (Å²) in [6.07, 6.45) is 0. The SMILES string of the molecule is COC(=O)[C@H](CO)NC(=O)c1ccccc1Oc1cccc(C)c1.